The number of nitro groups is 1. The molecule has 24 heavy (non-hydrogen) atoms. The third-order valence-corrected chi connectivity index (χ3v) is 3.64. The van der Waals surface area contributed by atoms with E-state index in [0.717, 1.165) is 0 Å². The summed E-state index contributed by atoms with van der Waals surface area (Å²) in [6.07, 6.45) is 1.23. The van der Waals surface area contributed by atoms with Crippen molar-refractivity contribution in [3.8, 4) is 6.01 Å². The van der Waals surface area contributed by atoms with Crippen molar-refractivity contribution in [1.82, 2.24) is 9.55 Å². The molecular formula is C15H16N4O5. The van der Waals surface area contributed by atoms with E-state index >= 15 is 0 Å². The van der Waals surface area contributed by atoms with Crippen molar-refractivity contribution < 1.29 is 19.2 Å². The number of fused-ring (bicyclic) bond motifs is 1. The first-order valence-corrected chi connectivity index (χ1v) is 7.35. The molecule has 1 unspecified atom stereocenters. The maximum absolute atomic E-state index is 11.7. The summed E-state index contributed by atoms with van der Waals surface area (Å²) in [6.45, 7) is 2.40. The summed E-state index contributed by atoms with van der Waals surface area (Å²) < 4.78 is 12.4. The number of imidazole rings is 1. The van der Waals surface area contributed by atoms with Crippen LogP contribution in [0.5, 0.6) is 6.01 Å². The van der Waals surface area contributed by atoms with E-state index in [1.807, 2.05) is 25.1 Å². The van der Waals surface area contributed by atoms with Gasteiger partial charge < -0.3 is 19.6 Å². The quantitative estimate of drug-likeness (QED) is 0.666. The Morgan fingerprint density at radius 1 is 1.50 bits per heavy atom. The number of carbonyl (C=O) groups excluding carboxylic acids is 1. The van der Waals surface area contributed by atoms with E-state index < -0.39 is 16.6 Å². The van der Waals surface area contributed by atoms with E-state index in [2.05, 4.69) is 10.3 Å². The molecule has 1 aromatic carbocycles. The van der Waals surface area contributed by atoms with E-state index in [4.69, 9.17) is 9.47 Å². The minimum atomic E-state index is -0.621. The van der Waals surface area contributed by atoms with Crippen LogP contribution in [0.3, 0.4) is 0 Å². The number of carbonyl (C=O) groups is 1. The Hall–Kier alpha value is -3.10. The molecule has 0 fully saturated rings. The van der Waals surface area contributed by atoms with Crippen molar-refractivity contribution in [2.24, 2.45) is 0 Å². The maximum Gasteiger partial charge on any atom is 0.414 e. The monoisotopic (exact) mass is 332 g/mol. The highest BCUT2D eigenvalue weighted by Gasteiger charge is 2.40. The van der Waals surface area contributed by atoms with Gasteiger partial charge in [0.1, 0.15) is 11.8 Å². The molecule has 1 atom stereocenters. The molecule has 2 heterocycles. The van der Waals surface area contributed by atoms with Crippen LogP contribution < -0.4 is 10.1 Å². The third kappa shape index (κ3) is 3.45. The predicted octanol–water partition coefficient (Wildman–Crippen LogP) is 2.58. The fourth-order valence-electron chi connectivity index (χ4n) is 2.45. The van der Waals surface area contributed by atoms with Crippen molar-refractivity contribution in [3.63, 3.8) is 0 Å². The second-order valence-corrected chi connectivity index (χ2v) is 5.70. The first kappa shape index (κ1) is 15.8. The zero-order valence-corrected chi connectivity index (χ0v) is 13.0. The Morgan fingerprint density at radius 3 is 2.92 bits per heavy atom. The van der Waals surface area contributed by atoms with Crippen molar-refractivity contribution in [1.29, 1.82) is 0 Å². The van der Waals surface area contributed by atoms with Gasteiger partial charge in [0, 0.05) is 17.1 Å². The lowest BCUT2D eigenvalue weighted by Crippen LogP contribution is -2.33. The molecule has 3 rings (SSSR count). The van der Waals surface area contributed by atoms with Gasteiger partial charge in [-0.1, -0.05) is 18.2 Å². The summed E-state index contributed by atoms with van der Waals surface area (Å²) in [4.78, 5) is 25.6. The summed E-state index contributed by atoms with van der Waals surface area (Å²) in [5.74, 6) is -0.245. The Bertz CT molecular complexity index is 735. The number of rotatable bonds is 5. The largest absolute Gasteiger partial charge is 0.449 e. The SMILES string of the molecule is CC1(CCOC(=O)Nc2ccccc2)Cn2cc([N+](=O)[O-])nc2O1. The summed E-state index contributed by atoms with van der Waals surface area (Å²) >= 11 is 0. The molecule has 9 nitrogen and oxygen atoms in total. The van der Waals surface area contributed by atoms with Gasteiger partial charge >= 0.3 is 17.9 Å². The van der Waals surface area contributed by atoms with Gasteiger partial charge in [-0.15, -0.1) is 0 Å². The molecule has 1 aliphatic rings. The molecule has 2 aromatic rings. The predicted molar refractivity (Wildman–Crippen MR) is 83.9 cm³/mol. The van der Waals surface area contributed by atoms with Crippen LogP contribution in [-0.2, 0) is 11.3 Å². The molecule has 0 bridgehead atoms. The van der Waals surface area contributed by atoms with E-state index in [1.165, 1.54) is 6.20 Å². The van der Waals surface area contributed by atoms with E-state index in [0.29, 0.717) is 18.7 Å². The lowest BCUT2D eigenvalue weighted by Gasteiger charge is -2.21. The van der Waals surface area contributed by atoms with Crippen LogP contribution >= 0.6 is 0 Å². The number of amides is 1. The highest BCUT2D eigenvalue weighted by Crippen LogP contribution is 2.32. The average Bonchev–Trinajstić information content (AvgIpc) is 3.03. The topological polar surface area (TPSA) is 109 Å². The summed E-state index contributed by atoms with van der Waals surface area (Å²) in [7, 11) is 0. The lowest BCUT2D eigenvalue weighted by atomic mass is 10.0. The summed E-state index contributed by atoms with van der Waals surface area (Å²) in [5, 5.41) is 13.3. The molecule has 1 aliphatic heterocycles. The molecule has 9 heteroatoms. The Kier molecular flexibility index (Phi) is 4.07. The maximum atomic E-state index is 11.7. The molecule has 0 saturated heterocycles. The van der Waals surface area contributed by atoms with Gasteiger partial charge in [-0.25, -0.2) is 4.79 Å². The smallest absolute Gasteiger partial charge is 0.414 e. The van der Waals surface area contributed by atoms with Gasteiger partial charge in [-0.05, 0) is 24.0 Å². The Labute approximate surface area is 137 Å². The Morgan fingerprint density at radius 2 is 2.25 bits per heavy atom. The molecule has 1 N–H and O–H groups in total. The number of anilines is 1. The number of nitrogens with one attached hydrogen (secondary N) is 1. The van der Waals surface area contributed by atoms with Crippen LogP contribution in [0.25, 0.3) is 0 Å². The molecular weight excluding hydrogens is 316 g/mol. The second kappa shape index (κ2) is 6.19. The van der Waals surface area contributed by atoms with Crippen molar-refractivity contribution in [2.45, 2.75) is 25.5 Å². The van der Waals surface area contributed by atoms with Gasteiger partial charge in [-0.3, -0.25) is 9.88 Å². The van der Waals surface area contributed by atoms with Crippen molar-refractivity contribution in [2.75, 3.05) is 11.9 Å². The van der Waals surface area contributed by atoms with Crippen molar-refractivity contribution in [3.05, 3.63) is 46.6 Å². The minimum Gasteiger partial charge on any atom is -0.449 e. The minimum absolute atomic E-state index is 0.155. The van der Waals surface area contributed by atoms with Crippen molar-refractivity contribution >= 4 is 17.6 Å². The van der Waals surface area contributed by atoms with E-state index in [-0.39, 0.29) is 18.4 Å². The van der Waals surface area contributed by atoms with Gasteiger partial charge in [0.05, 0.1) is 13.2 Å². The van der Waals surface area contributed by atoms with Gasteiger partial charge in [0.2, 0.25) is 0 Å². The van der Waals surface area contributed by atoms with Crippen LogP contribution in [0.1, 0.15) is 13.3 Å². The van der Waals surface area contributed by atoms with Gasteiger partial charge in [0.15, 0.2) is 0 Å². The summed E-state index contributed by atoms with van der Waals surface area (Å²) in [5.41, 5.74) is 0.0306. The molecule has 0 radical (unpaired) electrons. The normalized spacial score (nSPS) is 18.5. The molecule has 1 amide bonds. The van der Waals surface area contributed by atoms with Crippen LogP contribution in [0.4, 0.5) is 16.3 Å². The number of nitrogens with zero attached hydrogens (tertiary/aromatic N) is 3. The molecule has 126 valence electrons. The van der Waals surface area contributed by atoms with Crippen LogP contribution in [0.2, 0.25) is 0 Å². The zero-order chi connectivity index (χ0) is 17.2. The molecule has 0 spiro atoms. The van der Waals surface area contributed by atoms with Crippen LogP contribution in [0.15, 0.2) is 36.5 Å². The van der Waals surface area contributed by atoms with Crippen LogP contribution in [-0.4, -0.2) is 32.8 Å². The Balaban J connectivity index is 1.47. The average molecular weight is 332 g/mol. The number of hydrogen-bond donors (Lipinski definition) is 1. The molecule has 0 saturated carbocycles. The lowest BCUT2D eigenvalue weighted by molar-refractivity contribution is -0.389. The molecule has 1 aromatic heterocycles. The fraction of sp³-hybridized carbons (Fsp3) is 0.333. The highest BCUT2D eigenvalue weighted by atomic mass is 16.6. The van der Waals surface area contributed by atoms with Gasteiger partial charge in [-0.2, -0.15) is 0 Å². The standard InChI is InChI=1S/C15H16N4O5/c1-15(10-18-9-12(19(21)22)17-13(18)24-15)7-8-23-14(20)16-11-5-3-2-4-6-11/h2-6,9H,7-8,10H2,1H3,(H,16,20). The number of hydrogen-bond acceptors (Lipinski definition) is 6. The zero-order valence-electron chi connectivity index (χ0n) is 13.0. The number of para-hydroxylation sites is 1. The first-order chi connectivity index (χ1) is 11.5. The number of aromatic nitrogens is 2. The third-order valence-electron chi connectivity index (χ3n) is 3.64. The van der Waals surface area contributed by atoms with E-state index in [1.54, 1.807) is 16.7 Å². The van der Waals surface area contributed by atoms with Gasteiger partial charge in [0.25, 0.3) is 0 Å². The fourth-order valence-corrected chi connectivity index (χ4v) is 2.45. The van der Waals surface area contributed by atoms with Crippen LogP contribution in [0, 0.1) is 10.1 Å². The van der Waals surface area contributed by atoms with E-state index in [9.17, 15) is 14.9 Å². The number of ether oxygens (including phenoxy) is 2. The second-order valence-electron chi connectivity index (χ2n) is 5.70. The highest BCUT2D eigenvalue weighted by molar-refractivity contribution is 5.84. The number of benzene rings is 1. The summed E-state index contributed by atoms with van der Waals surface area (Å²) in [6, 6.07) is 9.19. The first-order valence-electron chi connectivity index (χ1n) is 7.35. The molecule has 0 aliphatic carbocycles.